The zero-order valence-electron chi connectivity index (χ0n) is 19.1. The SMILES string of the molecule is CCOC(=O)c1ccc(N2C(=O)C3NNC(c4ccc(C)cc4)C3C2c2ccc(O)cc2)cc1. The van der Waals surface area contributed by atoms with Crippen LogP contribution < -0.4 is 15.8 Å². The molecule has 2 aliphatic rings. The van der Waals surface area contributed by atoms with Gasteiger partial charge in [-0.2, -0.15) is 0 Å². The molecule has 0 aromatic heterocycles. The minimum absolute atomic E-state index is 0.0472. The van der Waals surface area contributed by atoms with E-state index in [1.807, 2.05) is 19.1 Å². The van der Waals surface area contributed by atoms with E-state index in [2.05, 4.69) is 35.1 Å². The second-order valence-electron chi connectivity index (χ2n) is 8.74. The zero-order chi connectivity index (χ0) is 23.8. The summed E-state index contributed by atoms with van der Waals surface area (Å²) in [5.41, 5.74) is 10.9. The van der Waals surface area contributed by atoms with Crippen molar-refractivity contribution in [3.05, 3.63) is 95.1 Å². The lowest BCUT2D eigenvalue weighted by Gasteiger charge is -2.31. The number of aryl methyl sites for hydroxylation is 1. The highest BCUT2D eigenvalue weighted by Crippen LogP contribution is 2.49. The molecule has 5 rings (SSSR count). The van der Waals surface area contributed by atoms with E-state index in [4.69, 9.17) is 4.74 Å². The number of hydrazine groups is 1. The number of nitrogens with zero attached hydrogens (tertiary/aromatic N) is 1. The molecule has 3 N–H and O–H groups in total. The van der Waals surface area contributed by atoms with Crippen molar-refractivity contribution in [1.82, 2.24) is 10.9 Å². The van der Waals surface area contributed by atoms with Gasteiger partial charge in [0, 0.05) is 11.6 Å². The Morgan fingerprint density at radius 3 is 2.18 bits per heavy atom. The molecule has 4 unspecified atom stereocenters. The first-order valence-electron chi connectivity index (χ1n) is 11.4. The van der Waals surface area contributed by atoms with Gasteiger partial charge in [-0.05, 0) is 61.4 Å². The number of nitrogens with one attached hydrogen (secondary N) is 2. The van der Waals surface area contributed by atoms with Gasteiger partial charge < -0.3 is 14.7 Å². The van der Waals surface area contributed by atoms with Crippen LogP contribution in [0.1, 0.15) is 46.1 Å². The number of anilines is 1. The van der Waals surface area contributed by atoms with Crippen molar-refractivity contribution in [2.45, 2.75) is 32.0 Å². The molecule has 3 aromatic rings. The summed E-state index contributed by atoms with van der Waals surface area (Å²) in [4.78, 5) is 27.6. The number of aromatic hydroxyl groups is 1. The van der Waals surface area contributed by atoms with Crippen LogP contribution in [0.25, 0.3) is 0 Å². The van der Waals surface area contributed by atoms with E-state index in [1.54, 1.807) is 48.2 Å². The van der Waals surface area contributed by atoms with Gasteiger partial charge in [0.15, 0.2) is 0 Å². The fourth-order valence-corrected chi connectivity index (χ4v) is 5.00. The topological polar surface area (TPSA) is 90.9 Å². The quantitative estimate of drug-likeness (QED) is 0.505. The van der Waals surface area contributed by atoms with E-state index >= 15 is 0 Å². The van der Waals surface area contributed by atoms with Gasteiger partial charge in [0.1, 0.15) is 11.8 Å². The second kappa shape index (κ2) is 8.93. The van der Waals surface area contributed by atoms with Crippen molar-refractivity contribution < 1.29 is 19.4 Å². The van der Waals surface area contributed by atoms with Gasteiger partial charge in [0.05, 0.1) is 24.3 Å². The summed E-state index contributed by atoms with van der Waals surface area (Å²) in [7, 11) is 0. The molecule has 0 saturated carbocycles. The van der Waals surface area contributed by atoms with Crippen molar-refractivity contribution in [3.63, 3.8) is 0 Å². The first-order valence-corrected chi connectivity index (χ1v) is 11.4. The van der Waals surface area contributed by atoms with E-state index < -0.39 is 6.04 Å². The summed E-state index contributed by atoms with van der Waals surface area (Å²) in [6.45, 7) is 4.12. The van der Waals surface area contributed by atoms with Gasteiger partial charge in [-0.1, -0.05) is 42.0 Å². The maximum absolute atomic E-state index is 13.7. The van der Waals surface area contributed by atoms with Gasteiger partial charge >= 0.3 is 5.97 Å². The highest BCUT2D eigenvalue weighted by molar-refractivity contribution is 6.02. The Balaban J connectivity index is 1.56. The highest BCUT2D eigenvalue weighted by Gasteiger charge is 2.55. The number of phenols is 1. The standard InChI is InChI=1S/C27H27N3O4/c1-3-34-27(33)19-8-12-20(13-9-19)30-25(18-10-14-21(31)15-11-18)22-23(28-29-24(22)26(30)32)17-6-4-16(2)5-7-17/h4-15,22-25,28-29,31H,3H2,1-2H3. The minimum atomic E-state index is -0.421. The molecule has 0 spiro atoms. The molecule has 0 aliphatic carbocycles. The Kier molecular flexibility index (Phi) is 5.81. The Morgan fingerprint density at radius 1 is 0.912 bits per heavy atom. The average molecular weight is 458 g/mol. The Labute approximate surface area is 198 Å². The van der Waals surface area contributed by atoms with Crippen molar-refractivity contribution >= 4 is 17.6 Å². The predicted octanol–water partition coefficient (Wildman–Crippen LogP) is 3.80. The van der Waals surface area contributed by atoms with Gasteiger partial charge in [-0.3, -0.25) is 4.79 Å². The number of benzene rings is 3. The number of hydrogen-bond acceptors (Lipinski definition) is 6. The number of esters is 1. The first-order chi connectivity index (χ1) is 16.5. The number of hydrogen-bond donors (Lipinski definition) is 3. The number of amides is 1. The van der Waals surface area contributed by atoms with E-state index in [0.29, 0.717) is 17.9 Å². The molecular weight excluding hydrogens is 430 g/mol. The fourth-order valence-electron chi connectivity index (χ4n) is 5.00. The minimum Gasteiger partial charge on any atom is -0.508 e. The van der Waals surface area contributed by atoms with Crippen LogP contribution in [0.4, 0.5) is 5.69 Å². The van der Waals surface area contributed by atoms with E-state index in [0.717, 1.165) is 11.1 Å². The molecule has 34 heavy (non-hydrogen) atoms. The Morgan fingerprint density at radius 2 is 1.53 bits per heavy atom. The van der Waals surface area contributed by atoms with Crippen LogP contribution in [0.3, 0.4) is 0 Å². The lowest BCUT2D eigenvalue weighted by molar-refractivity contribution is -0.119. The van der Waals surface area contributed by atoms with Gasteiger partial charge in [0.2, 0.25) is 5.91 Å². The summed E-state index contributed by atoms with van der Waals surface area (Å²) in [5.74, 6) is -0.356. The molecule has 0 radical (unpaired) electrons. The van der Waals surface area contributed by atoms with Crippen molar-refractivity contribution in [2.75, 3.05) is 11.5 Å². The molecule has 4 atom stereocenters. The van der Waals surface area contributed by atoms with Crippen LogP contribution in [-0.2, 0) is 9.53 Å². The molecule has 2 saturated heterocycles. The van der Waals surface area contributed by atoms with Crippen LogP contribution in [0.15, 0.2) is 72.8 Å². The van der Waals surface area contributed by atoms with Crippen molar-refractivity contribution in [1.29, 1.82) is 0 Å². The fraction of sp³-hybridized carbons (Fsp3) is 0.259. The van der Waals surface area contributed by atoms with Crippen LogP contribution >= 0.6 is 0 Å². The lowest BCUT2D eigenvalue weighted by atomic mass is 9.83. The summed E-state index contributed by atoms with van der Waals surface area (Å²) in [6, 6.07) is 21.5. The van der Waals surface area contributed by atoms with Crippen molar-refractivity contribution in [2.24, 2.45) is 5.92 Å². The maximum atomic E-state index is 13.7. The van der Waals surface area contributed by atoms with E-state index in [-0.39, 0.29) is 35.6 Å². The van der Waals surface area contributed by atoms with Crippen LogP contribution in [-0.4, -0.2) is 29.6 Å². The lowest BCUT2D eigenvalue weighted by Crippen LogP contribution is -2.41. The van der Waals surface area contributed by atoms with E-state index in [9.17, 15) is 14.7 Å². The number of fused-ring (bicyclic) bond motifs is 1. The third kappa shape index (κ3) is 3.83. The van der Waals surface area contributed by atoms with Gasteiger partial charge in [-0.25, -0.2) is 15.6 Å². The normalized spacial score (nSPS) is 23.7. The molecule has 2 aliphatic heterocycles. The monoisotopic (exact) mass is 457 g/mol. The van der Waals surface area contributed by atoms with Crippen LogP contribution in [0.5, 0.6) is 5.75 Å². The summed E-state index contributed by atoms with van der Waals surface area (Å²) < 4.78 is 5.09. The first kappa shape index (κ1) is 22.1. The zero-order valence-corrected chi connectivity index (χ0v) is 19.1. The van der Waals surface area contributed by atoms with Gasteiger partial charge in [-0.15, -0.1) is 0 Å². The summed E-state index contributed by atoms with van der Waals surface area (Å²) in [6.07, 6.45) is 0. The number of phenolic OH excluding ortho intramolecular Hbond substituents is 1. The Bertz CT molecular complexity index is 1190. The maximum Gasteiger partial charge on any atom is 0.338 e. The molecule has 7 nitrogen and oxygen atoms in total. The Hall–Kier alpha value is -3.68. The molecule has 2 fully saturated rings. The largest absolute Gasteiger partial charge is 0.508 e. The number of ether oxygens (including phenoxy) is 1. The number of carbonyl (C=O) groups is 2. The average Bonchev–Trinajstić information content (AvgIpc) is 3.39. The summed E-state index contributed by atoms with van der Waals surface area (Å²) in [5, 5.41) is 9.86. The van der Waals surface area contributed by atoms with E-state index in [1.165, 1.54) is 5.56 Å². The molecular formula is C27H27N3O4. The molecule has 174 valence electrons. The van der Waals surface area contributed by atoms with Crippen LogP contribution in [0.2, 0.25) is 0 Å². The van der Waals surface area contributed by atoms with Gasteiger partial charge in [0.25, 0.3) is 0 Å². The molecule has 2 heterocycles. The van der Waals surface area contributed by atoms with Crippen LogP contribution in [0, 0.1) is 12.8 Å². The number of rotatable bonds is 5. The third-order valence-electron chi connectivity index (χ3n) is 6.64. The molecule has 7 heteroatoms. The molecule has 3 aromatic carbocycles. The predicted molar refractivity (Wildman–Crippen MR) is 128 cm³/mol. The molecule has 0 bridgehead atoms. The highest BCUT2D eigenvalue weighted by atomic mass is 16.5. The summed E-state index contributed by atoms with van der Waals surface area (Å²) >= 11 is 0. The number of carbonyl (C=O) groups excluding carboxylic acids is 2. The smallest absolute Gasteiger partial charge is 0.338 e. The third-order valence-corrected chi connectivity index (χ3v) is 6.64. The van der Waals surface area contributed by atoms with Crippen molar-refractivity contribution in [3.8, 4) is 5.75 Å². The molecule has 1 amide bonds. The second-order valence-corrected chi connectivity index (χ2v) is 8.74.